The van der Waals surface area contributed by atoms with E-state index in [2.05, 4.69) is 122 Å². The number of aromatic amines is 2. The van der Waals surface area contributed by atoms with Gasteiger partial charge in [0.05, 0.1) is 78.5 Å². The van der Waals surface area contributed by atoms with Crippen LogP contribution in [0.15, 0.2) is 90.1 Å². The van der Waals surface area contributed by atoms with E-state index in [1.165, 1.54) is 0 Å². The molecule has 8 N–H and O–H groups in total. The molecule has 3 aliphatic carbocycles. The molecule has 0 radical (unpaired) electrons. The number of nitrogens with zero attached hydrogens (tertiary/aromatic N) is 6. The van der Waals surface area contributed by atoms with Gasteiger partial charge in [0, 0.05) is 60.5 Å². The fourth-order valence-electron chi connectivity index (χ4n) is 11.0. The molecule has 5 aromatic heterocycles. The minimum Gasteiger partial charge on any atom is -0.398 e. The fourth-order valence-corrected chi connectivity index (χ4v) is 12.2. The third kappa shape index (κ3) is 14.8. The summed E-state index contributed by atoms with van der Waals surface area (Å²) in [6, 6.07) is 21.3. The first-order chi connectivity index (χ1) is 42.6. The molecule has 3 aromatic carbocycles. The number of halogens is 3. The van der Waals surface area contributed by atoms with Gasteiger partial charge in [-0.2, -0.15) is 0 Å². The summed E-state index contributed by atoms with van der Waals surface area (Å²) in [5.41, 5.74) is 12.0. The molecule has 4 fully saturated rings. The van der Waals surface area contributed by atoms with Gasteiger partial charge in [0.25, 0.3) is 28.5 Å². The second-order valence-corrected chi connectivity index (χ2v) is 30.6. The largest absolute Gasteiger partial charge is 0.512 e. The molecule has 1 saturated heterocycles. The Morgan fingerprint density at radius 2 is 0.967 bits per heavy atom. The first-order valence-electron chi connectivity index (χ1n) is 31.5. The van der Waals surface area contributed by atoms with Crippen molar-refractivity contribution in [3.63, 3.8) is 0 Å². The third-order valence-corrected chi connectivity index (χ3v) is 18.0. The van der Waals surface area contributed by atoms with Crippen molar-refractivity contribution in [3.8, 4) is 11.3 Å². The highest BCUT2D eigenvalue weighted by molar-refractivity contribution is 9.11. The first kappa shape index (κ1) is 67.3. The van der Waals surface area contributed by atoms with Crippen LogP contribution in [-0.2, 0) is 9.31 Å². The van der Waals surface area contributed by atoms with Crippen LogP contribution in [0.4, 0.5) is 11.9 Å². The van der Waals surface area contributed by atoms with Gasteiger partial charge in [-0.05, 0) is 227 Å². The van der Waals surface area contributed by atoms with Gasteiger partial charge in [0.1, 0.15) is 0 Å². The van der Waals surface area contributed by atoms with Gasteiger partial charge in [-0.3, -0.25) is 37.7 Å². The normalized spacial score (nSPS) is 18.8. The molecule has 20 nitrogen and oxygen atoms in total. The van der Waals surface area contributed by atoms with Crippen molar-refractivity contribution in [2.75, 3.05) is 10.6 Å². The van der Waals surface area contributed by atoms with Crippen LogP contribution in [0.2, 0.25) is 5.28 Å². The van der Waals surface area contributed by atoms with Crippen molar-refractivity contribution in [2.24, 2.45) is 5.73 Å². The highest BCUT2D eigenvalue weighted by Crippen LogP contribution is 2.41. The molecular weight excluding hydrogens is 1300 g/mol. The number of carbonyl (C=O) groups is 2. The zero-order chi connectivity index (χ0) is 66.2. The Morgan fingerprint density at radius 3 is 1.41 bits per heavy atom. The standard InChI is InChI=1S/C23H27N5O2.C15H18BrN3O.C14H21BN2O3.C11H8BrClN2O.C4H11N/c1-5-16-19-15(20(29)25-16)11-17(24-19)13-7-6-8-14-18(13)26-22(27-23(2,3)4)28(21(14)30)12-9-10-12;1-15(2,3)18-14-17-12-10(5-4-6-11(12)16)13(20)19(14)9-7-8-9;1-6-9-11-8(12(18)16-9)7-10(17-11)15-19-13(2,3)14(4,5)20-15;12-8-3-1-2-7-9(8)14-11(13)15(10(7)16)6-4-5-6;1-4(2,3)5/h6-8,11-12,16,24H,5,9-10H2,1-4H3,(H,25,29)(H,26,27);4-6,9H,7-8H2,1-3H3,(H,17,18);7,9,17H,6H2,1-5H3,(H,16,18);1-3,6H,4-5H2;5H2,1-3H3/t16-;;9-;;/m1.1../s1. The Morgan fingerprint density at radius 1 is 0.582 bits per heavy atom. The number of nitrogens with one attached hydrogen (secondary N) is 6. The van der Waals surface area contributed by atoms with Crippen LogP contribution in [0, 0.1) is 0 Å². The number of amides is 2. The van der Waals surface area contributed by atoms with Gasteiger partial charge in [0.2, 0.25) is 17.2 Å². The zero-order valence-corrected chi connectivity index (χ0v) is 58.7. The third-order valence-electron chi connectivity index (χ3n) is 16.5. The number of fused-ring (bicyclic) bond motifs is 5. The SMILES string of the molecule is CC(C)(C)N.CC(C)(C)Nc1nc2c(Br)cccc2c(=O)n1C1CC1.CC[C@H]1NC(=O)c2cc(-c3cccc4c(=O)n(C5CC5)c(NC(C)(C)C)nc34)[nH]c21.CC[C@H]1NC(=O)c2cc(B3OC(C)(C)C(C)(C)O3)[nH]c21.O=c1c2cccc(Br)c2nc(Cl)n1C1CC1. The number of anilines is 2. The number of para-hydroxylation sites is 3. The Bertz CT molecular complexity index is 4290. The number of rotatable bonds is 9. The number of benzene rings is 3. The van der Waals surface area contributed by atoms with Gasteiger partial charge < -0.3 is 46.3 Å². The fraction of sp³-hybridized carbons (Fsp3) is 0.493. The van der Waals surface area contributed by atoms with Crippen LogP contribution in [0.1, 0.15) is 218 Å². The summed E-state index contributed by atoms with van der Waals surface area (Å²) >= 11 is 12.9. The molecule has 2 amide bonds. The van der Waals surface area contributed by atoms with Crippen LogP contribution in [0.25, 0.3) is 44.0 Å². The van der Waals surface area contributed by atoms with Crippen LogP contribution >= 0.6 is 43.5 Å². The Labute approximate surface area is 552 Å². The van der Waals surface area contributed by atoms with E-state index in [4.69, 9.17) is 31.6 Å². The minimum absolute atomic E-state index is 0. The molecule has 0 unspecified atom stereocenters. The Hall–Kier alpha value is -6.63. The number of hydrogen-bond acceptors (Lipinski definition) is 13. The molecule has 24 heteroatoms. The molecule has 2 atom stereocenters. The van der Waals surface area contributed by atoms with E-state index in [1.54, 1.807) is 10.6 Å². The van der Waals surface area contributed by atoms with Crippen molar-refractivity contribution in [2.45, 2.75) is 213 Å². The molecule has 3 saturated carbocycles. The molecule has 0 bridgehead atoms. The highest BCUT2D eigenvalue weighted by atomic mass is 79.9. The van der Waals surface area contributed by atoms with E-state index >= 15 is 0 Å². The summed E-state index contributed by atoms with van der Waals surface area (Å²) in [7, 11) is -0.448. The van der Waals surface area contributed by atoms with E-state index in [0.29, 0.717) is 56.3 Å². The average Bonchev–Trinajstić information content (AvgIpc) is 1.58. The molecule has 3 aliphatic heterocycles. The van der Waals surface area contributed by atoms with E-state index in [1.807, 2.05) is 125 Å². The second kappa shape index (κ2) is 25.4. The number of aromatic nitrogens is 8. The summed E-state index contributed by atoms with van der Waals surface area (Å²) < 4.78 is 18.9. The lowest BCUT2D eigenvalue weighted by Gasteiger charge is -2.32. The van der Waals surface area contributed by atoms with Crippen LogP contribution in [0.3, 0.4) is 0 Å². The predicted octanol–water partition coefficient (Wildman–Crippen LogP) is 13.2. The van der Waals surface area contributed by atoms with Crippen molar-refractivity contribution >= 4 is 113 Å². The van der Waals surface area contributed by atoms with E-state index in [0.717, 1.165) is 94.1 Å². The van der Waals surface area contributed by atoms with Crippen molar-refractivity contribution in [1.82, 2.24) is 49.3 Å². The van der Waals surface area contributed by atoms with Crippen molar-refractivity contribution in [3.05, 3.63) is 135 Å². The lowest BCUT2D eigenvalue weighted by atomic mass is 9.85. The van der Waals surface area contributed by atoms with E-state index in [-0.39, 0.29) is 85.8 Å². The van der Waals surface area contributed by atoms with Crippen LogP contribution < -0.4 is 49.3 Å². The molecule has 91 heavy (non-hydrogen) atoms. The number of hydrogen-bond donors (Lipinski definition) is 7. The zero-order valence-electron chi connectivity index (χ0n) is 54.7. The minimum atomic E-state index is -0.448. The van der Waals surface area contributed by atoms with Gasteiger partial charge in [-0.25, -0.2) is 15.0 Å². The monoisotopic (exact) mass is 1390 g/mol. The van der Waals surface area contributed by atoms with Crippen LogP contribution in [0.5, 0.6) is 0 Å². The van der Waals surface area contributed by atoms with E-state index in [9.17, 15) is 24.0 Å². The van der Waals surface area contributed by atoms with Crippen molar-refractivity contribution < 1.29 is 18.9 Å². The molecule has 14 rings (SSSR count). The second-order valence-electron chi connectivity index (χ2n) is 28.6. The summed E-state index contributed by atoms with van der Waals surface area (Å²) in [6.45, 7) is 30.5. The lowest BCUT2D eigenvalue weighted by molar-refractivity contribution is 0.00578. The number of nitrogens with two attached hydrogens (primary N) is 1. The van der Waals surface area contributed by atoms with Gasteiger partial charge in [0.15, 0.2) is 0 Å². The molecule has 6 aliphatic rings. The predicted molar refractivity (Wildman–Crippen MR) is 371 cm³/mol. The summed E-state index contributed by atoms with van der Waals surface area (Å²) in [5.74, 6) is 1.20. The molecular formula is C67H85BBr2ClN13O7. The first-order valence-corrected chi connectivity index (χ1v) is 33.4. The van der Waals surface area contributed by atoms with Gasteiger partial charge in [-0.1, -0.05) is 38.1 Å². The topological polar surface area (TPSA) is 263 Å². The Balaban J connectivity index is 0.000000133. The van der Waals surface area contributed by atoms with Gasteiger partial charge in [-0.15, -0.1) is 0 Å². The van der Waals surface area contributed by atoms with E-state index < -0.39 is 7.12 Å². The van der Waals surface area contributed by atoms with Gasteiger partial charge >= 0.3 is 7.12 Å². The smallest absolute Gasteiger partial charge is 0.398 e. The Kier molecular flexibility index (Phi) is 18.7. The highest BCUT2D eigenvalue weighted by Gasteiger charge is 2.53. The summed E-state index contributed by atoms with van der Waals surface area (Å²) in [4.78, 5) is 83.2. The maximum Gasteiger partial charge on any atom is 0.512 e. The molecule has 0 spiro atoms. The number of H-pyrrole nitrogens is 2. The molecule has 8 heterocycles. The molecule has 484 valence electrons. The maximum absolute atomic E-state index is 13.4. The number of carbonyl (C=O) groups excluding carboxylic acids is 2. The summed E-state index contributed by atoms with van der Waals surface area (Å²) in [5, 5.41) is 14.9. The quantitative estimate of drug-likeness (QED) is 0.0524. The van der Waals surface area contributed by atoms with Crippen molar-refractivity contribution in [1.29, 1.82) is 0 Å². The molecule has 8 aromatic rings. The average molecular weight is 1390 g/mol. The lowest BCUT2D eigenvalue weighted by Crippen LogP contribution is -2.41. The summed E-state index contributed by atoms with van der Waals surface area (Å²) in [6.07, 6.45) is 7.83. The van der Waals surface area contributed by atoms with Crippen LogP contribution in [-0.4, -0.2) is 85.4 Å². The maximum atomic E-state index is 13.4.